The zero-order valence-corrected chi connectivity index (χ0v) is 14.5. The van der Waals surface area contributed by atoms with Crippen molar-refractivity contribution in [1.29, 1.82) is 0 Å². The summed E-state index contributed by atoms with van der Waals surface area (Å²) >= 11 is 11.9. The molecule has 0 aromatic heterocycles. The fraction of sp³-hybridized carbons (Fsp3) is 0.176. The van der Waals surface area contributed by atoms with Crippen LogP contribution in [-0.4, -0.2) is 11.8 Å². The molecular formula is C17H15Cl2FN2O2. The number of halogens is 3. The highest BCUT2D eigenvalue weighted by Gasteiger charge is 2.36. The van der Waals surface area contributed by atoms with Gasteiger partial charge in [0.25, 0.3) is 0 Å². The monoisotopic (exact) mass is 368 g/mol. The quantitative estimate of drug-likeness (QED) is 0.765. The van der Waals surface area contributed by atoms with Crippen LogP contribution in [0.5, 0.6) is 0 Å². The molecule has 126 valence electrons. The molecule has 24 heavy (non-hydrogen) atoms. The van der Waals surface area contributed by atoms with Crippen LogP contribution in [-0.2, 0) is 9.59 Å². The van der Waals surface area contributed by atoms with Crippen LogP contribution in [0, 0.1) is 11.2 Å². The summed E-state index contributed by atoms with van der Waals surface area (Å²) < 4.78 is 13.2. The number of nitrogens with one attached hydrogen (secondary N) is 2. The molecule has 0 aliphatic carbocycles. The van der Waals surface area contributed by atoms with Crippen LogP contribution in [0.2, 0.25) is 10.0 Å². The Morgan fingerprint density at radius 1 is 1.00 bits per heavy atom. The summed E-state index contributed by atoms with van der Waals surface area (Å²) in [6, 6.07) is 10.2. The van der Waals surface area contributed by atoms with Gasteiger partial charge in [0, 0.05) is 5.69 Å². The Labute approximate surface area is 149 Å². The normalized spacial score (nSPS) is 11.0. The van der Waals surface area contributed by atoms with Crippen molar-refractivity contribution < 1.29 is 14.0 Å². The van der Waals surface area contributed by atoms with Crippen molar-refractivity contribution in [1.82, 2.24) is 0 Å². The van der Waals surface area contributed by atoms with Crippen molar-refractivity contribution in [2.75, 3.05) is 10.6 Å². The van der Waals surface area contributed by atoms with Crippen molar-refractivity contribution in [2.45, 2.75) is 13.8 Å². The van der Waals surface area contributed by atoms with E-state index in [9.17, 15) is 14.0 Å². The van der Waals surface area contributed by atoms with E-state index in [1.807, 2.05) is 0 Å². The van der Waals surface area contributed by atoms with Crippen molar-refractivity contribution >= 4 is 46.4 Å². The van der Waals surface area contributed by atoms with Crippen molar-refractivity contribution in [3.8, 4) is 0 Å². The molecule has 4 nitrogen and oxygen atoms in total. The zero-order chi connectivity index (χ0) is 17.9. The van der Waals surface area contributed by atoms with E-state index in [4.69, 9.17) is 23.2 Å². The van der Waals surface area contributed by atoms with Crippen molar-refractivity contribution in [2.24, 2.45) is 5.41 Å². The van der Waals surface area contributed by atoms with E-state index in [2.05, 4.69) is 10.6 Å². The molecule has 2 amide bonds. The first-order valence-electron chi connectivity index (χ1n) is 7.04. The average molecular weight is 369 g/mol. The number of hydrogen-bond donors (Lipinski definition) is 2. The molecule has 2 aromatic carbocycles. The van der Waals surface area contributed by atoms with E-state index >= 15 is 0 Å². The maximum absolute atomic E-state index is 13.2. The van der Waals surface area contributed by atoms with Gasteiger partial charge < -0.3 is 10.6 Å². The third-order valence-electron chi connectivity index (χ3n) is 3.42. The lowest BCUT2D eigenvalue weighted by molar-refractivity contribution is -0.135. The summed E-state index contributed by atoms with van der Waals surface area (Å²) in [5.74, 6) is -1.63. The minimum atomic E-state index is -1.42. The molecule has 0 saturated carbocycles. The minimum Gasteiger partial charge on any atom is -0.325 e. The summed E-state index contributed by atoms with van der Waals surface area (Å²) in [5, 5.41) is 5.57. The summed E-state index contributed by atoms with van der Waals surface area (Å²) in [5.41, 5.74) is -0.847. The molecule has 0 aliphatic heterocycles. The predicted octanol–water partition coefficient (Wildman–Crippen LogP) is 4.74. The van der Waals surface area contributed by atoms with Gasteiger partial charge in [-0.3, -0.25) is 9.59 Å². The van der Waals surface area contributed by atoms with Gasteiger partial charge >= 0.3 is 0 Å². The van der Waals surface area contributed by atoms with Gasteiger partial charge in [0.05, 0.1) is 15.7 Å². The molecule has 0 atom stereocenters. The van der Waals surface area contributed by atoms with Gasteiger partial charge in [-0.15, -0.1) is 0 Å². The fourth-order valence-corrected chi connectivity index (χ4v) is 2.18. The molecule has 0 bridgehead atoms. The lowest BCUT2D eigenvalue weighted by Gasteiger charge is -2.23. The second-order valence-electron chi connectivity index (χ2n) is 5.64. The summed E-state index contributed by atoms with van der Waals surface area (Å²) in [6.07, 6.45) is 0. The molecule has 0 fully saturated rings. The van der Waals surface area contributed by atoms with Crippen LogP contribution < -0.4 is 10.6 Å². The van der Waals surface area contributed by atoms with Crippen molar-refractivity contribution in [3.05, 3.63) is 58.3 Å². The Balaban J connectivity index is 2.14. The van der Waals surface area contributed by atoms with Crippen LogP contribution in [0.1, 0.15) is 13.8 Å². The number of anilines is 2. The van der Waals surface area contributed by atoms with Gasteiger partial charge in [-0.05, 0) is 44.2 Å². The second kappa shape index (κ2) is 7.20. The first kappa shape index (κ1) is 18.2. The highest BCUT2D eigenvalue weighted by Crippen LogP contribution is 2.31. The molecule has 2 aromatic rings. The summed E-state index contributed by atoms with van der Waals surface area (Å²) in [7, 11) is 0. The maximum atomic E-state index is 13.2. The smallest absolute Gasteiger partial charge is 0.239 e. The first-order valence-corrected chi connectivity index (χ1v) is 7.80. The largest absolute Gasteiger partial charge is 0.325 e. The molecule has 0 radical (unpaired) electrons. The minimum absolute atomic E-state index is 0.189. The Bertz CT molecular complexity index is 794. The van der Waals surface area contributed by atoms with E-state index in [1.165, 1.54) is 38.1 Å². The maximum Gasteiger partial charge on any atom is 0.239 e. The van der Waals surface area contributed by atoms with Gasteiger partial charge in [-0.25, -0.2) is 4.39 Å². The predicted molar refractivity (Wildman–Crippen MR) is 93.9 cm³/mol. The number of amides is 2. The average Bonchev–Trinajstić information content (AvgIpc) is 2.51. The highest BCUT2D eigenvalue weighted by atomic mass is 35.5. The van der Waals surface area contributed by atoms with Crippen LogP contribution in [0.25, 0.3) is 0 Å². The van der Waals surface area contributed by atoms with Crippen LogP contribution in [0.3, 0.4) is 0 Å². The second-order valence-corrected chi connectivity index (χ2v) is 6.43. The van der Waals surface area contributed by atoms with E-state index in [0.717, 1.165) is 0 Å². The SMILES string of the molecule is CC(C)(C(=O)Nc1cccc(F)c1)C(=O)Nc1cccc(Cl)c1Cl. The topological polar surface area (TPSA) is 58.2 Å². The zero-order valence-electron chi connectivity index (χ0n) is 13.0. The van der Waals surface area contributed by atoms with Crippen LogP contribution in [0.4, 0.5) is 15.8 Å². The molecule has 7 heteroatoms. The highest BCUT2D eigenvalue weighted by molar-refractivity contribution is 6.44. The molecule has 0 heterocycles. The molecule has 0 aliphatic rings. The Morgan fingerprint density at radius 2 is 1.62 bits per heavy atom. The third-order valence-corrected chi connectivity index (χ3v) is 4.24. The lowest BCUT2D eigenvalue weighted by atomic mass is 9.90. The van der Waals surface area contributed by atoms with Gasteiger partial charge in [0.15, 0.2) is 0 Å². The molecule has 2 rings (SSSR count). The standard InChI is InChI=1S/C17H15Cl2FN2O2/c1-17(2,15(23)21-11-6-3-5-10(20)9-11)16(24)22-13-8-4-7-12(18)14(13)19/h3-9H,1-2H3,(H,21,23)(H,22,24). The van der Waals surface area contributed by atoms with E-state index < -0.39 is 23.0 Å². The van der Waals surface area contributed by atoms with E-state index in [0.29, 0.717) is 5.69 Å². The van der Waals surface area contributed by atoms with Crippen LogP contribution in [0.15, 0.2) is 42.5 Å². The number of hydrogen-bond acceptors (Lipinski definition) is 2. The number of benzene rings is 2. The summed E-state index contributed by atoms with van der Waals surface area (Å²) in [6.45, 7) is 2.91. The molecule has 0 unspecified atom stereocenters. The first-order chi connectivity index (χ1) is 11.2. The Hall–Kier alpha value is -2.11. The number of carbonyl (C=O) groups excluding carboxylic acids is 2. The molecule has 2 N–H and O–H groups in total. The fourth-order valence-electron chi connectivity index (χ4n) is 1.84. The van der Waals surface area contributed by atoms with Crippen molar-refractivity contribution in [3.63, 3.8) is 0 Å². The van der Waals surface area contributed by atoms with Gasteiger partial charge in [0.1, 0.15) is 11.2 Å². The lowest BCUT2D eigenvalue weighted by Crippen LogP contribution is -2.41. The Kier molecular flexibility index (Phi) is 5.47. The molecule has 0 spiro atoms. The van der Waals surface area contributed by atoms with Gasteiger partial charge in [-0.1, -0.05) is 35.3 Å². The van der Waals surface area contributed by atoms with E-state index in [-0.39, 0.29) is 15.7 Å². The number of carbonyl (C=O) groups is 2. The van der Waals surface area contributed by atoms with E-state index in [1.54, 1.807) is 18.2 Å². The number of rotatable bonds is 4. The van der Waals surface area contributed by atoms with Crippen LogP contribution >= 0.6 is 23.2 Å². The molecule has 0 saturated heterocycles. The van der Waals surface area contributed by atoms with Gasteiger partial charge in [0.2, 0.25) is 11.8 Å². The molecular weight excluding hydrogens is 354 g/mol. The van der Waals surface area contributed by atoms with Gasteiger partial charge in [-0.2, -0.15) is 0 Å². The Morgan fingerprint density at radius 3 is 2.29 bits per heavy atom. The third kappa shape index (κ3) is 4.04. The summed E-state index contributed by atoms with van der Waals surface area (Å²) in [4.78, 5) is 24.8.